The molecule has 0 aromatic rings. The molecule has 5 heteroatoms. The maximum Gasteiger partial charge on any atom is 0.306 e. The van der Waals surface area contributed by atoms with E-state index in [2.05, 4.69) is 50.3 Å². The molecule has 256 valence electrons. The van der Waals surface area contributed by atoms with E-state index in [4.69, 9.17) is 9.47 Å². The minimum absolute atomic E-state index is 0.0691. The van der Waals surface area contributed by atoms with E-state index in [-0.39, 0.29) is 25.2 Å². The Morgan fingerprint density at radius 2 is 0.909 bits per heavy atom. The quantitative estimate of drug-likeness (QED) is 0.0450. The molecule has 0 saturated carbocycles. The molecule has 0 aromatic carbocycles. The molecule has 1 N–H and O–H groups in total. The molecule has 0 amide bonds. The van der Waals surface area contributed by atoms with Gasteiger partial charge in [0.1, 0.15) is 6.61 Å². The van der Waals surface area contributed by atoms with Crippen LogP contribution in [0.2, 0.25) is 0 Å². The van der Waals surface area contributed by atoms with Crippen molar-refractivity contribution in [3.8, 4) is 0 Å². The summed E-state index contributed by atoms with van der Waals surface area (Å²) in [6.45, 7) is 4.08. The van der Waals surface area contributed by atoms with E-state index in [1.54, 1.807) is 0 Å². The Bertz CT molecular complexity index is 711. The van der Waals surface area contributed by atoms with Crippen LogP contribution in [0.1, 0.15) is 181 Å². The Morgan fingerprint density at radius 3 is 1.41 bits per heavy atom. The first-order valence-electron chi connectivity index (χ1n) is 18.5. The maximum absolute atomic E-state index is 12.1. The number of hydrogen-bond donors (Lipinski definition) is 1. The number of unbranched alkanes of at least 4 members (excludes halogenated alkanes) is 19. The molecule has 0 aliphatic carbocycles. The highest BCUT2D eigenvalue weighted by molar-refractivity contribution is 5.70. The van der Waals surface area contributed by atoms with Gasteiger partial charge < -0.3 is 14.6 Å². The first-order chi connectivity index (χ1) is 21.6. The highest BCUT2D eigenvalue weighted by Crippen LogP contribution is 2.13. The maximum atomic E-state index is 12.1. The van der Waals surface area contributed by atoms with Gasteiger partial charge in [-0.15, -0.1) is 0 Å². The number of ether oxygens (including phenoxy) is 2. The summed E-state index contributed by atoms with van der Waals surface area (Å²) in [4.78, 5) is 24.2. The first kappa shape index (κ1) is 42.1. The summed E-state index contributed by atoms with van der Waals surface area (Å²) in [7, 11) is 0. The van der Waals surface area contributed by atoms with E-state index >= 15 is 0 Å². The highest BCUT2D eigenvalue weighted by atomic mass is 16.6. The number of esters is 2. The summed E-state index contributed by atoms with van der Waals surface area (Å²) in [5.74, 6) is -0.605. The smallest absolute Gasteiger partial charge is 0.306 e. The summed E-state index contributed by atoms with van der Waals surface area (Å²) in [6, 6.07) is 0. The lowest BCUT2D eigenvalue weighted by Crippen LogP contribution is -2.28. The predicted octanol–water partition coefficient (Wildman–Crippen LogP) is 11.3. The summed E-state index contributed by atoms with van der Waals surface area (Å²) in [5.41, 5.74) is 0. The number of carbonyl (C=O) groups is 2. The SMILES string of the molecule is CCCCC/C=C\C/C=C\C/C=C\CCCCCCCCC(=O)OC(CO)COC(=O)CCCCCCCCCCCCC. The number of aliphatic hydroxyl groups excluding tert-OH is 1. The lowest BCUT2D eigenvalue weighted by molar-refractivity contribution is -0.161. The molecular formula is C39H70O5. The topological polar surface area (TPSA) is 72.8 Å². The number of hydrogen-bond acceptors (Lipinski definition) is 5. The summed E-state index contributed by atoms with van der Waals surface area (Å²) < 4.78 is 10.6. The van der Waals surface area contributed by atoms with Crippen molar-refractivity contribution >= 4 is 11.9 Å². The van der Waals surface area contributed by atoms with Gasteiger partial charge in [0.05, 0.1) is 6.61 Å². The average molecular weight is 619 g/mol. The standard InChI is InChI=1S/C39H70O5/c1-3-5-7-9-11-13-15-16-17-18-19-20-21-22-24-26-28-30-32-34-39(42)44-37(35-40)36-43-38(41)33-31-29-27-25-23-14-12-10-8-6-4-2/h11,13,16-17,19-20,37,40H,3-10,12,14-15,18,21-36H2,1-2H3/b13-11-,17-16-,20-19-. The van der Waals surface area contributed by atoms with Crippen molar-refractivity contribution in [2.75, 3.05) is 13.2 Å². The fraction of sp³-hybridized carbons (Fsp3) is 0.795. The molecule has 5 nitrogen and oxygen atoms in total. The van der Waals surface area contributed by atoms with Gasteiger partial charge >= 0.3 is 11.9 Å². The van der Waals surface area contributed by atoms with Crippen LogP contribution in [0, 0.1) is 0 Å². The summed E-state index contributed by atoms with van der Waals surface area (Å²) in [5, 5.41) is 9.52. The Hall–Kier alpha value is -1.88. The van der Waals surface area contributed by atoms with Crippen molar-refractivity contribution in [3.05, 3.63) is 36.5 Å². The largest absolute Gasteiger partial charge is 0.462 e. The molecule has 44 heavy (non-hydrogen) atoms. The van der Waals surface area contributed by atoms with Crippen LogP contribution in [-0.4, -0.2) is 36.4 Å². The van der Waals surface area contributed by atoms with E-state index in [0.29, 0.717) is 12.8 Å². The Morgan fingerprint density at radius 1 is 0.523 bits per heavy atom. The summed E-state index contributed by atoms with van der Waals surface area (Å²) >= 11 is 0. The second-order valence-electron chi connectivity index (χ2n) is 12.3. The van der Waals surface area contributed by atoms with Gasteiger partial charge in [0.25, 0.3) is 0 Å². The van der Waals surface area contributed by atoms with Gasteiger partial charge in [0.2, 0.25) is 0 Å². The van der Waals surface area contributed by atoms with Crippen molar-refractivity contribution in [2.45, 2.75) is 187 Å². The van der Waals surface area contributed by atoms with E-state index in [1.807, 2.05) is 0 Å². The monoisotopic (exact) mass is 619 g/mol. The van der Waals surface area contributed by atoms with Gasteiger partial charge in [0.15, 0.2) is 6.10 Å². The van der Waals surface area contributed by atoms with Crippen LogP contribution < -0.4 is 0 Å². The lowest BCUT2D eigenvalue weighted by Gasteiger charge is -2.15. The van der Waals surface area contributed by atoms with Gasteiger partial charge in [-0.3, -0.25) is 9.59 Å². The second kappa shape index (κ2) is 35.6. The molecule has 0 radical (unpaired) electrons. The first-order valence-corrected chi connectivity index (χ1v) is 18.5. The van der Waals surface area contributed by atoms with Gasteiger partial charge in [-0.2, -0.15) is 0 Å². The molecule has 0 bridgehead atoms. The van der Waals surface area contributed by atoms with Gasteiger partial charge in [0, 0.05) is 12.8 Å². The van der Waals surface area contributed by atoms with Crippen molar-refractivity contribution < 1.29 is 24.2 Å². The van der Waals surface area contributed by atoms with E-state index in [0.717, 1.165) is 57.8 Å². The average Bonchev–Trinajstić information content (AvgIpc) is 3.02. The van der Waals surface area contributed by atoms with Gasteiger partial charge in [-0.25, -0.2) is 0 Å². The minimum Gasteiger partial charge on any atom is -0.462 e. The fourth-order valence-electron chi connectivity index (χ4n) is 5.09. The zero-order valence-corrected chi connectivity index (χ0v) is 28.9. The molecule has 0 fully saturated rings. The molecule has 0 rings (SSSR count). The molecule has 0 spiro atoms. The summed E-state index contributed by atoms with van der Waals surface area (Å²) in [6.07, 6.45) is 42.0. The fourth-order valence-corrected chi connectivity index (χ4v) is 5.09. The van der Waals surface area contributed by atoms with Crippen LogP contribution in [0.25, 0.3) is 0 Å². The van der Waals surface area contributed by atoms with Crippen molar-refractivity contribution in [1.82, 2.24) is 0 Å². The van der Waals surface area contributed by atoms with Crippen LogP contribution >= 0.6 is 0 Å². The van der Waals surface area contributed by atoms with E-state index < -0.39 is 6.10 Å². The molecule has 0 aliphatic rings. The third kappa shape index (κ3) is 33.0. The predicted molar refractivity (Wildman–Crippen MR) is 187 cm³/mol. The van der Waals surface area contributed by atoms with Gasteiger partial charge in [-0.05, 0) is 51.4 Å². The van der Waals surface area contributed by atoms with E-state index in [1.165, 1.54) is 96.3 Å². The van der Waals surface area contributed by atoms with Crippen molar-refractivity contribution in [3.63, 3.8) is 0 Å². The number of allylic oxidation sites excluding steroid dienone is 6. The lowest BCUT2D eigenvalue weighted by atomic mass is 10.1. The molecule has 0 heterocycles. The molecule has 0 saturated heterocycles. The zero-order valence-electron chi connectivity index (χ0n) is 28.9. The minimum atomic E-state index is -0.774. The molecule has 1 unspecified atom stereocenters. The Labute approximate surface area is 272 Å². The zero-order chi connectivity index (χ0) is 32.2. The Kier molecular flexibility index (Phi) is 34.1. The third-order valence-corrected chi connectivity index (χ3v) is 7.94. The second-order valence-corrected chi connectivity index (χ2v) is 12.3. The molecule has 0 aromatic heterocycles. The van der Waals surface area contributed by atoms with Crippen LogP contribution in [0.4, 0.5) is 0 Å². The Balaban J connectivity index is 3.59. The van der Waals surface area contributed by atoms with Crippen molar-refractivity contribution in [2.24, 2.45) is 0 Å². The number of carbonyl (C=O) groups excluding carboxylic acids is 2. The highest BCUT2D eigenvalue weighted by Gasteiger charge is 2.16. The molecular weight excluding hydrogens is 548 g/mol. The van der Waals surface area contributed by atoms with Crippen molar-refractivity contribution in [1.29, 1.82) is 0 Å². The number of aliphatic hydroxyl groups is 1. The van der Waals surface area contributed by atoms with Crippen LogP contribution in [-0.2, 0) is 19.1 Å². The third-order valence-electron chi connectivity index (χ3n) is 7.94. The van der Waals surface area contributed by atoms with Crippen LogP contribution in [0.3, 0.4) is 0 Å². The molecule has 0 aliphatic heterocycles. The van der Waals surface area contributed by atoms with E-state index in [9.17, 15) is 14.7 Å². The van der Waals surface area contributed by atoms with Crippen LogP contribution in [0.15, 0.2) is 36.5 Å². The molecule has 1 atom stereocenters. The van der Waals surface area contributed by atoms with Crippen LogP contribution in [0.5, 0.6) is 0 Å². The van der Waals surface area contributed by atoms with Gasteiger partial charge in [-0.1, -0.05) is 153 Å². The normalized spacial score (nSPS) is 12.5. The number of rotatable bonds is 33.